The number of aromatic nitrogens is 1. The minimum Gasteiger partial charge on any atom is -0.381 e. The molecule has 2 rings (SSSR count). The van der Waals surface area contributed by atoms with Gasteiger partial charge in [-0.2, -0.15) is 17.0 Å². The fourth-order valence-electron chi connectivity index (χ4n) is 2.27. The molecule has 1 fully saturated rings. The zero-order chi connectivity index (χ0) is 12.1. The first-order chi connectivity index (χ1) is 8.31. The number of nitriles is 1. The molecule has 0 saturated heterocycles. The third-order valence-corrected chi connectivity index (χ3v) is 4.30. The maximum absolute atomic E-state index is 8.68. The highest BCUT2D eigenvalue weighted by molar-refractivity contribution is 7.99. The number of nitrogens with zero attached hydrogens (tertiary/aromatic N) is 2. The number of rotatable bonds is 3. The van der Waals surface area contributed by atoms with Crippen LogP contribution in [0, 0.1) is 11.3 Å². The summed E-state index contributed by atoms with van der Waals surface area (Å²) in [7, 11) is 0. The molecule has 1 saturated carbocycles. The molecule has 1 aromatic rings. The number of hydrogen-bond donors (Lipinski definition) is 1. The SMILES string of the molecule is CS[C@@H]1CCC[C@@H](Nc2ccc(C#N)nc2)C1. The van der Waals surface area contributed by atoms with E-state index in [0.717, 1.165) is 10.9 Å². The second-order valence-electron chi connectivity index (χ2n) is 4.41. The van der Waals surface area contributed by atoms with E-state index in [0.29, 0.717) is 11.7 Å². The van der Waals surface area contributed by atoms with Crippen molar-refractivity contribution in [1.82, 2.24) is 4.98 Å². The van der Waals surface area contributed by atoms with E-state index in [9.17, 15) is 0 Å². The molecule has 0 aromatic carbocycles. The van der Waals surface area contributed by atoms with Gasteiger partial charge >= 0.3 is 0 Å². The minimum atomic E-state index is 0.473. The van der Waals surface area contributed by atoms with Crippen molar-refractivity contribution < 1.29 is 0 Å². The van der Waals surface area contributed by atoms with Crippen molar-refractivity contribution in [3.63, 3.8) is 0 Å². The van der Waals surface area contributed by atoms with E-state index < -0.39 is 0 Å². The van der Waals surface area contributed by atoms with Crippen molar-refractivity contribution in [2.45, 2.75) is 37.0 Å². The third-order valence-electron chi connectivity index (χ3n) is 3.21. The van der Waals surface area contributed by atoms with E-state index in [-0.39, 0.29) is 0 Å². The molecule has 2 atom stereocenters. The van der Waals surface area contributed by atoms with Crippen LogP contribution in [0.2, 0.25) is 0 Å². The predicted molar refractivity (Wildman–Crippen MR) is 72.1 cm³/mol. The topological polar surface area (TPSA) is 48.7 Å². The molecule has 1 aromatic heterocycles. The number of thioether (sulfide) groups is 1. The average Bonchev–Trinajstić information content (AvgIpc) is 2.40. The maximum Gasteiger partial charge on any atom is 0.140 e. The Morgan fingerprint density at radius 2 is 2.35 bits per heavy atom. The molecule has 0 aliphatic heterocycles. The Labute approximate surface area is 107 Å². The summed E-state index contributed by atoms with van der Waals surface area (Å²) in [4.78, 5) is 4.07. The molecule has 0 amide bonds. The van der Waals surface area contributed by atoms with Crippen LogP contribution in [0.3, 0.4) is 0 Å². The summed E-state index contributed by atoms with van der Waals surface area (Å²) in [5.41, 5.74) is 1.50. The lowest BCUT2D eigenvalue weighted by molar-refractivity contribution is 0.473. The summed E-state index contributed by atoms with van der Waals surface area (Å²) in [5, 5.41) is 13.0. The van der Waals surface area contributed by atoms with Crippen LogP contribution in [0.1, 0.15) is 31.4 Å². The van der Waals surface area contributed by atoms with Gasteiger partial charge in [0.1, 0.15) is 11.8 Å². The first-order valence-electron chi connectivity index (χ1n) is 5.97. The van der Waals surface area contributed by atoms with Crippen molar-refractivity contribution in [1.29, 1.82) is 5.26 Å². The van der Waals surface area contributed by atoms with E-state index in [4.69, 9.17) is 5.26 Å². The fraction of sp³-hybridized carbons (Fsp3) is 0.538. The van der Waals surface area contributed by atoms with Crippen LogP contribution in [-0.2, 0) is 0 Å². The second-order valence-corrected chi connectivity index (χ2v) is 5.55. The largest absolute Gasteiger partial charge is 0.381 e. The van der Waals surface area contributed by atoms with Gasteiger partial charge in [0.25, 0.3) is 0 Å². The van der Waals surface area contributed by atoms with E-state index in [1.165, 1.54) is 25.7 Å². The van der Waals surface area contributed by atoms with E-state index in [2.05, 4.69) is 16.6 Å². The lowest BCUT2D eigenvalue weighted by Gasteiger charge is -2.29. The smallest absolute Gasteiger partial charge is 0.140 e. The molecule has 0 unspecified atom stereocenters. The molecule has 90 valence electrons. The molecule has 1 aliphatic rings. The normalized spacial score (nSPS) is 24.0. The van der Waals surface area contributed by atoms with E-state index >= 15 is 0 Å². The third kappa shape index (κ3) is 3.37. The molecule has 1 heterocycles. The van der Waals surface area contributed by atoms with Crippen molar-refractivity contribution in [2.24, 2.45) is 0 Å². The molecule has 0 bridgehead atoms. The molecule has 1 aliphatic carbocycles. The summed E-state index contributed by atoms with van der Waals surface area (Å²) >= 11 is 1.97. The highest BCUT2D eigenvalue weighted by Gasteiger charge is 2.20. The van der Waals surface area contributed by atoms with Crippen LogP contribution in [-0.4, -0.2) is 22.5 Å². The summed E-state index contributed by atoms with van der Waals surface area (Å²) in [5.74, 6) is 0. The highest BCUT2D eigenvalue weighted by Crippen LogP contribution is 2.28. The van der Waals surface area contributed by atoms with Gasteiger partial charge in [-0.25, -0.2) is 4.98 Å². The Hall–Kier alpha value is -1.21. The fourth-order valence-corrected chi connectivity index (χ4v) is 3.10. The Bertz CT molecular complexity index is 396. The highest BCUT2D eigenvalue weighted by atomic mass is 32.2. The Kier molecular flexibility index (Phi) is 4.27. The Morgan fingerprint density at radius 3 is 3.00 bits per heavy atom. The lowest BCUT2D eigenvalue weighted by Crippen LogP contribution is -2.28. The molecule has 3 nitrogen and oxygen atoms in total. The van der Waals surface area contributed by atoms with Crippen LogP contribution in [0.5, 0.6) is 0 Å². The predicted octanol–water partition coefficient (Wildman–Crippen LogP) is 3.04. The van der Waals surface area contributed by atoms with Crippen LogP contribution < -0.4 is 5.32 Å². The minimum absolute atomic E-state index is 0.473. The van der Waals surface area contributed by atoms with Gasteiger partial charge in [-0.05, 0) is 37.7 Å². The van der Waals surface area contributed by atoms with Gasteiger partial charge in [0.2, 0.25) is 0 Å². The Morgan fingerprint density at radius 1 is 1.47 bits per heavy atom. The summed E-state index contributed by atoms with van der Waals surface area (Å²) in [6.07, 6.45) is 9.04. The number of nitrogens with one attached hydrogen (secondary N) is 1. The van der Waals surface area contributed by atoms with Gasteiger partial charge in [-0.15, -0.1) is 0 Å². The first-order valence-corrected chi connectivity index (χ1v) is 7.26. The van der Waals surface area contributed by atoms with Gasteiger partial charge < -0.3 is 5.32 Å². The summed E-state index contributed by atoms with van der Waals surface area (Å²) in [6, 6.07) is 6.28. The lowest BCUT2D eigenvalue weighted by atomic mass is 9.95. The van der Waals surface area contributed by atoms with Crippen molar-refractivity contribution in [3.05, 3.63) is 24.0 Å². The van der Waals surface area contributed by atoms with Gasteiger partial charge in [0.15, 0.2) is 0 Å². The van der Waals surface area contributed by atoms with E-state index in [1.54, 1.807) is 12.3 Å². The number of anilines is 1. The monoisotopic (exact) mass is 247 g/mol. The van der Waals surface area contributed by atoms with Gasteiger partial charge in [0.05, 0.1) is 11.9 Å². The first kappa shape index (κ1) is 12.3. The van der Waals surface area contributed by atoms with Crippen LogP contribution in [0.4, 0.5) is 5.69 Å². The van der Waals surface area contributed by atoms with Crippen molar-refractivity contribution in [2.75, 3.05) is 11.6 Å². The van der Waals surface area contributed by atoms with E-state index in [1.807, 2.05) is 23.9 Å². The summed E-state index contributed by atoms with van der Waals surface area (Å²) < 4.78 is 0. The standard InChI is InChI=1S/C13H17N3S/c1-17-13-4-2-3-10(7-13)16-12-6-5-11(8-14)15-9-12/h5-6,9-10,13,16H,2-4,7H2,1H3/t10-,13-/m1/s1. The number of pyridine rings is 1. The maximum atomic E-state index is 8.68. The van der Waals surface area contributed by atoms with Crippen LogP contribution in [0.25, 0.3) is 0 Å². The van der Waals surface area contributed by atoms with Crippen LogP contribution >= 0.6 is 11.8 Å². The van der Waals surface area contributed by atoms with Crippen molar-refractivity contribution >= 4 is 17.4 Å². The molecule has 1 N–H and O–H groups in total. The van der Waals surface area contributed by atoms with Crippen molar-refractivity contribution in [3.8, 4) is 6.07 Å². The molecular formula is C13H17N3S. The molecule has 17 heavy (non-hydrogen) atoms. The number of hydrogen-bond acceptors (Lipinski definition) is 4. The summed E-state index contributed by atoms with van der Waals surface area (Å²) in [6.45, 7) is 0. The Balaban J connectivity index is 1.93. The van der Waals surface area contributed by atoms with Gasteiger partial charge in [-0.1, -0.05) is 6.42 Å². The van der Waals surface area contributed by atoms with Gasteiger partial charge in [-0.3, -0.25) is 0 Å². The van der Waals surface area contributed by atoms with Gasteiger partial charge in [0, 0.05) is 11.3 Å². The zero-order valence-electron chi connectivity index (χ0n) is 10.0. The zero-order valence-corrected chi connectivity index (χ0v) is 10.8. The molecule has 0 radical (unpaired) electrons. The molecule has 4 heteroatoms. The molecule has 0 spiro atoms. The molecular weight excluding hydrogens is 230 g/mol. The quantitative estimate of drug-likeness (QED) is 0.892. The second kappa shape index (κ2) is 5.92. The van der Waals surface area contributed by atoms with Crippen LogP contribution in [0.15, 0.2) is 18.3 Å². The average molecular weight is 247 g/mol.